The Morgan fingerprint density at radius 1 is 1.38 bits per heavy atom. The molecule has 1 aromatic carbocycles. The number of carboxylic acid groups (broad SMARTS) is 1. The van der Waals surface area contributed by atoms with Gasteiger partial charge in [0.25, 0.3) is 0 Å². The van der Waals surface area contributed by atoms with Crippen LogP contribution in [0.2, 0.25) is 0 Å². The Hall–Kier alpha value is -1.22. The van der Waals surface area contributed by atoms with Crippen LogP contribution in [0.4, 0.5) is 0 Å². The second-order valence-corrected chi connectivity index (χ2v) is 4.46. The standard InChI is InChI=1S/C13H14O2S/c14-12(15)13(7-8-13)11-5-3-10(4-6-11)2-1-9-16/h1-6,16H,7-9H2,(H,14,15). The molecule has 84 valence electrons. The van der Waals surface area contributed by atoms with Gasteiger partial charge in [0.05, 0.1) is 5.41 Å². The Labute approximate surface area is 100 Å². The van der Waals surface area contributed by atoms with Gasteiger partial charge in [-0.1, -0.05) is 36.4 Å². The van der Waals surface area contributed by atoms with Gasteiger partial charge in [0.1, 0.15) is 0 Å². The molecule has 0 heterocycles. The number of benzene rings is 1. The summed E-state index contributed by atoms with van der Waals surface area (Å²) < 4.78 is 0. The fraction of sp³-hybridized carbons (Fsp3) is 0.308. The van der Waals surface area contributed by atoms with E-state index in [0.717, 1.165) is 24.0 Å². The summed E-state index contributed by atoms with van der Waals surface area (Å²) in [6.45, 7) is 0. The molecule has 0 amide bonds. The topological polar surface area (TPSA) is 37.3 Å². The number of thiol groups is 1. The van der Waals surface area contributed by atoms with Crippen molar-refractivity contribution < 1.29 is 9.90 Å². The van der Waals surface area contributed by atoms with E-state index in [4.69, 9.17) is 5.11 Å². The summed E-state index contributed by atoms with van der Waals surface area (Å²) >= 11 is 4.09. The molecular weight excluding hydrogens is 220 g/mol. The minimum Gasteiger partial charge on any atom is -0.481 e. The molecule has 1 aromatic rings. The second kappa shape index (κ2) is 4.34. The number of hydrogen-bond donors (Lipinski definition) is 2. The van der Waals surface area contributed by atoms with E-state index < -0.39 is 11.4 Å². The number of carboxylic acids is 1. The summed E-state index contributed by atoms with van der Waals surface area (Å²) in [6.07, 6.45) is 5.46. The maximum Gasteiger partial charge on any atom is 0.314 e. The van der Waals surface area contributed by atoms with Crippen molar-refractivity contribution in [3.05, 3.63) is 41.5 Å². The molecule has 0 bridgehead atoms. The first-order chi connectivity index (χ1) is 7.69. The molecule has 0 radical (unpaired) electrons. The van der Waals surface area contributed by atoms with Gasteiger partial charge >= 0.3 is 5.97 Å². The maximum absolute atomic E-state index is 11.1. The van der Waals surface area contributed by atoms with Crippen molar-refractivity contribution >= 4 is 24.7 Å². The third-order valence-electron chi connectivity index (χ3n) is 3.04. The van der Waals surface area contributed by atoms with E-state index in [2.05, 4.69) is 12.6 Å². The quantitative estimate of drug-likeness (QED) is 0.786. The highest BCUT2D eigenvalue weighted by Crippen LogP contribution is 2.48. The van der Waals surface area contributed by atoms with E-state index in [1.54, 1.807) is 0 Å². The molecule has 0 aromatic heterocycles. The van der Waals surface area contributed by atoms with Crippen molar-refractivity contribution in [3.63, 3.8) is 0 Å². The molecule has 1 saturated carbocycles. The average Bonchev–Trinajstić information content (AvgIpc) is 3.08. The Morgan fingerprint density at radius 2 is 2.00 bits per heavy atom. The monoisotopic (exact) mass is 234 g/mol. The molecule has 1 aliphatic rings. The van der Waals surface area contributed by atoms with Gasteiger partial charge in [-0.25, -0.2) is 0 Å². The smallest absolute Gasteiger partial charge is 0.314 e. The minimum atomic E-state index is -0.703. The van der Waals surface area contributed by atoms with Gasteiger partial charge in [-0.05, 0) is 24.0 Å². The zero-order valence-corrected chi connectivity index (χ0v) is 9.78. The Bertz CT molecular complexity index is 416. The van der Waals surface area contributed by atoms with Crippen molar-refractivity contribution in [1.29, 1.82) is 0 Å². The summed E-state index contributed by atoms with van der Waals surface area (Å²) in [5, 5.41) is 9.14. The Balaban J connectivity index is 2.20. The highest BCUT2D eigenvalue weighted by Gasteiger charge is 2.51. The van der Waals surface area contributed by atoms with Crippen LogP contribution in [0.25, 0.3) is 6.08 Å². The van der Waals surface area contributed by atoms with Gasteiger partial charge in [0, 0.05) is 5.75 Å². The summed E-state index contributed by atoms with van der Waals surface area (Å²) in [5.74, 6) is 0.00650. The van der Waals surface area contributed by atoms with Gasteiger partial charge < -0.3 is 5.11 Å². The molecule has 1 aliphatic carbocycles. The third-order valence-corrected chi connectivity index (χ3v) is 3.25. The zero-order chi connectivity index (χ0) is 11.6. The first kappa shape index (κ1) is 11.3. The summed E-state index contributed by atoms with van der Waals surface area (Å²) in [7, 11) is 0. The van der Waals surface area contributed by atoms with E-state index in [9.17, 15) is 4.79 Å². The van der Waals surface area contributed by atoms with Crippen LogP contribution in [0.1, 0.15) is 24.0 Å². The fourth-order valence-corrected chi connectivity index (χ4v) is 1.96. The normalized spacial score (nSPS) is 17.6. The Kier molecular flexibility index (Phi) is 3.06. The van der Waals surface area contributed by atoms with Gasteiger partial charge in [-0.3, -0.25) is 4.79 Å². The Morgan fingerprint density at radius 3 is 2.44 bits per heavy atom. The van der Waals surface area contributed by atoms with Crippen molar-refractivity contribution in [2.24, 2.45) is 0 Å². The number of carbonyl (C=O) groups is 1. The van der Waals surface area contributed by atoms with Crippen LogP contribution in [0.15, 0.2) is 30.3 Å². The van der Waals surface area contributed by atoms with E-state index in [1.165, 1.54) is 0 Å². The molecule has 0 atom stereocenters. The van der Waals surface area contributed by atoms with Crippen LogP contribution in [0.3, 0.4) is 0 Å². The van der Waals surface area contributed by atoms with Crippen LogP contribution in [0.5, 0.6) is 0 Å². The largest absolute Gasteiger partial charge is 0.481 e. The van der Waals surface area contributed by atoms with Gasteiger partial charge in [-0.2, -0.15) is 12.6 Å². The summed E-state index contributed by atoms with van der Waals surface area (Å²) in [6, 6.07) is 7.75. The number of aliphatic carboxylic acids is 1. The number of hydrogen-bond acceptors (Lipinski definition) is 2. The fourth-order valence-electron chi connectivity index (χ4n) is 1.85. The van der Waals surface area contributed by atoms with E-state index in [0.29, 0.717) is 5.75 Å². The van der Waals surface area contributed by atoms with Gasteiger partial charge in [-0.15, -0.1) is 0 Å². The van der Waals surface area contributed by atoms with Crippen LogP contribution < -0.4 is 0 Å². The molecule has 0 aliphatic heterocycles. The number of rotatable bonds is 4. The molecule has 2 nitrogen and oxygen atoms in total. The van der Waals surface area contributed by atoms with E-state index >= 15 is 0 Å². The first-order valence-electron chi connectivity index (χ1n) is 5.30. The molecule has 0 spiro atoms. The van der Waals surface area contributed by atoms with Crippen molar-refractivity contribution in [2.45, 2.75) is 18.3 Å². The van der Waals surface area contributed by atoms with E-state index in [-0.39, 0.29) is 0 Å². The molecule has 16 heavy (non-hydrogen) atoms. The van der Waals surface area contributed by atoms with Crippen LogP contribution >= 0.6 is 12.6 Å². The van der Waals surface area contributed by atoms with Crippen molar-refractivity contribution in [2.75, 3.05) is 5.75 Å². The highest BCUT2D eigenvalue weighted by molar-refractivity contribution is 7.80. The SMILES string of the molecule is O=C(O)C1(c2ccc(C=CCS)cc2)CC1. The van der Waals surface area contributed by atoms with Crippen LogP contribution in [0, 0.1) is 0 Å². The lowest BCUT2D eigenvalue weighted by Gasteiger charge is -2.09. The second-order valence-electron chi connectivity index (χ2n) is 4.09. The zero-order valence-electron chi connectivity index (χ0n) is 8.89. The molecule has 1 fully saturated rings. The highest BCUT2D eigenvalue weighted by atomic mass is 32.1. The summed E-state index contributed by atoms with van der Waals surface area (Å²) in [5.41, 5.74) is 1.41. The lowest BCUT2D eigenvalue weighted by Crippen LogP contribution is -2.19. The van der Waals surface area contributed by atoms with Crippen molar-refractivity contribution in [1.82, 2.24) is 0 Å². The molecule has 3 heteroatoms. The predicted molar refractivity (Wildman–Crippen MR) is 67.9 cm³/mol. The van der Waals surface area contributed by atoms with Crippen LogP contribution in [-0.4, -0.2) is 16.8 Å². The minimum absolute atomic E-state index is 0.591. The molecule has 0 saturated heterocycles. The lowest BCUT2D eigenvalue weighted by atomic mass is 9.95. The molecule has 0 unspecified atom stereocenters. The third kappa shape index (κ3) is 2.00. The van der Waals surface area contributed by atoms with Crippen LogP contribution in [-0.2, 0) is 10.2 Å². The molecular formula is C13H14O2S. The van der Waals surface area contributed by atoms with Gasteiger partial charge in [0.2, 0.25) is 0 Å². The molecule has 1 N–H and O–H groups in total. The maximum atomic E-state index is 11.1. The summed E-state index contributed by atoms with van der Waals surface area (Å²) in [4.78, 5) is 11.1. The molecule has 2 rings (SSSR count). The van der Waals surface area contributed by atoms with Crippen molar-refractivity contribution in [3.8, 4) is 0 Å². The van der Waals surface area contributed by atoms with Gasteiger partial charge in [0.15, 0.2) is 0 Å². The van der Waals surface area contributed by atoms with E-state index in [1.807, 2.05) is 36.4 Å². The lowest BCUT2D eigenvalue weighted by molar-refractivity contribution is -0.140. The average molecular weight is 234 g/mol. The first-order valence-corrected chi connectivity index (χ1v) is 5.94. The predicted octanol–water partition coefficient (Wildman–Crippen LogP) is 2.75.